The average molecular weight is 262 g/mol. The Labute approximate surface area is 116 Å². The van der Waals surface area contributed by atoms with E-state index in [9.17, 15) is 5.11 Å². The Hall–Kier alpha value is -1.02. The monoisotopic (exact) mass is 262 g/mol. The van der Waals surface area contributed by atoms with Gasteiger partial charge in [-0.25, -0.2) is 0 Å². The summed E-state index contributed by atoms with van der Waals surface area (Å²) in [5, 5.41) is 10.0. The summed E-state index contributed by atoms with van der Waals surface area (Å²) >= 11 is 0. The van der Waals surface area contributed by atoms with E-state index < -0.39 is 0 Å². The molecule has 0 spiro atoms. The largest absolute Gasteiger partial charge is 0.488 e. The van der Waals surface area contributed by atoms with Crippen molar-refractivity contribution in [2.45, 2.75) is 64.6 Å². The Kier molecular flexibility index (Phi) is 4.87. The molecule has 19 heavy (non-hydrogen) atoms. The van der Waals surface area contributed by atoms with Crippen LogP contribution in [-0.2, 0) is 0 Å². The molecule has 0 radical (unpaired) electrons. The number of aliphatic hydroxyl groups excluding tert-OH is 1. The van der Waals surface area contributed by atoms with Crippen molar-refractivity contribution in [3.05, 3.63) is 29.8 Å². The lowest BCUT2D eigenvalue weighted by molar-refractivity contribution is -0.00759. The third-order valence-electron chi connectivity index (χ3n) is 4.37. The predicted molar refractivity (Wildman–Crippen MR) is 78.6 cm³/mol. The van der Waals surface area contributed by atoms with Crippen LogP contribution < -0.4 is 4.74 Å². The molecular formula is C17H26O2. The third-order valence-corrected chi connectivity index (χ3v) is 4.37. The summed E-state index contributed by atoms with van der Waals surface area (Å²) in [7, 11) is 0. The maximum absolute atomic E-state index is 10.0. The summed E-state index contributed by atoms with van der Waals surface area (Å²) in [5.74, 6) is 2.12. The van der Waals surface area contributed by atoms with E-state index in [0.717, 1.165) is 31.4 Å². The van der Waals surface area contributed by atoms with Crippen LogP contribution in [0.4, 0.5) is 0 Å². The van der Waals surface area contributed by atoms with Crippen LogP contribution in [0.5, 0.6) is 5.75 Å². The molecule has 2 nitrogen and oxygen atoms in total. The van der Waals surface area contributed by atoms with Crippen LogP contribution >= 0.6 is 0 Å². The van der Waals surface area contributed by atoms with Gasteiger partial charge >= 0.3 is 0 Å². The number of hydrogen-bond donors (Lipinski definition) is 1. The van der Waals surface area contributed by atoms with Gasteiger partial charge in [0.2, 0.25) is 0 Å². The highest BCUT2D eigenvalue weighted by Crippen LogP contribution is 2.28. The topological polar surface area (TPSA) is 29.5 Å². The fraction of sp³-hybridized carbons (Fsp3) is 0.647. The standard InChI is InChI=1S/C17H26O2/c1-4-13(3)14-6-8-15(9-7-14)19-17-11-12(2)5-10-16(17)18/h6-9,12-13,16-18H,4-5,10-11H2,1-3H3. The van der Waals surface area contributed by atoms with Gasteiger partial charge < -0.3 is 9.84 Å². The van der Waals surface area contributed by atoms with E-state index in [1.165, 1.54) is 5.56 Å². The maximum atomic E-state index is 10.0. The van der Waals surface area contributed by atoms with Crippen molar-refractivity contribution in [2.24, 2.45) is 5.92 Å². The zero-order chi connectivity index (χ0) is 13.8. The first-order chi connectivity index (χ1) is 9.10. The Morgan fingerprint density at radius 2 is 1.95 bits per heavy atom. The molecule has 106 valence electrons. The molecule has 1 N–H and O–H groups in total. The van der Waals surface area contributed by atoms with Crippen LogP contribution in [0.2, 0.25) is 0 Å². The van der Waals surface area contributed by atoms with Gasteiger partial charge in [-0.1, -0.05) is 32.9 Å². The fourth-order valence-corrected chi connectivity index (χ4v) is 2.72. The van der Waals surface area contributed by atoms with E-state index in [-0.39, 0.29) is 12.2 Å². The molecule has 1 saturated carbocycles. The van der Waals surface area contributed by atoms with Crippen molar-refractivity contribution >= 4 is 0 Å². The lowest BCUT2D eigenvalue weighted by Crippen LogP contribution is -2.37. The van der Waals surface area contributed by atoms with E-state index in [0.29, 0.717) is 11.8 Å². The van der Waals surface area contributed by atoms with Crippen molar-refractivity contribution in [2.75, 3.05) is 0 Å². The van der Waals surface area contributed by atoms with Gasteiger partial charge in [0.05, 0.1) is 6.10 Å². The summed E-state index contributed by atoms with van der Waals surface area (Å²) in [5.41, 5.74) is 1.35. The minimum absolute atomic E-state index is 0.0433. The van der Waals surface area contributed by atoms with E-state index >= 15 is 0 Å². The normalized spacial score (nSPS) is 28.9. The second-order valence-corrected chi connectivity index (χ2v) is 6.02. The first-order valence-corrected chi connectivity index (χ1v) is 7.54. The molecule has 1 aromatic rings. The first-order valence-electron chi connectivity index (χ1n) is 7.54. The fourth-order valence-electron chi connectivity index (χ4n) is 2.72. The SMILES string of the molecule is CCC(C)c1ccc(OC2CC(C)CCC2O)cc1. The van der Waals surface area contributed by atoms with Crippen LogP contribution in [0.15, 0.2) is 24.3 Å². The molecule has 0 aliphatic heterocycles. The van der Waals surface area contributed by atoms with E-state index in [2.05, 4.69) is 32.9 Å². The third kappa shape index (κ3) is 3.73. The molecule has 2 rings (SSSR count). The van der Waals surface area contributed by atoms with Gasteiger partial charge in [-0.2, -0.15) is 0 Å². The minimum Gasteiger partial charge on any atom is -0.488 e. The summed E-state index contributed by atoms with van der Waals surface area (Å²) in [4.78, 5) is 0. The molecule has 0 amide bonds. The van der Waals surface area contributed by atoms with Gasteiger partial charge in [-0.05, 0) is 55.2 Å². The first kappa shape index (κ1) is 14.4. The van der Waals surface area contributed by atoms with Crippen molar-refractivity contribution in [3.8, 4) is 5.75 Å². The molecule has 1 aliphatic carbocycles. The quantitative estimate of drug-likeness (QED) is 0.884. The maximum Gasteiger partial charge on any atom is 0.125 e. The zero-order valence-electron chi connectivity index (χ0n) is 12.3. The highest BCUT2D eigenvalue weighted by atomic mass is 16.5. The Morgan fingerprint density at radius 1 is 1.26 bits per heavy atom. The van der Waals surface area contributed by atoms with E-state index in [4.69, 9.17) is 4.74 Å². The number of aliphatic hydroxyl groups is 1. The number of hydrogen-bond acceptors (Lipinski definition) is 2. The van der Waals surface area contributed by atoms with Gasteiger partial charge in [0.1, 0.15) is 11.9 Å². The Bertz CT molecular complexity index is 385. The second-order valence-electron chi connectivity index (χ2n) is 6.02. The van der Waals surface area contributed by atoms with Crippen LogP contribution in [-0.4, -0.2) is 17.3 Å². The van der Waals surface area contributed by atoms with Crippen LogP contribution in [0.25, 0.3) is 0 Å². The van der Waals surface area contributed by atoms with Crippen LogP contribution in [0, 0.1) is 5.92 Å². The van der Waals surface area contributed by atoms with Gasteiger partial charge in [-0.15, -0.1) is 0 Å². The van der Waals surface area contributed by atoms with Crippen LogP contribution in [0.3, 0.4) is 0 Å². The van der Waals surface area contributed by atoms with E-state index in [1.54, 1.807) is 0 Å². The van der Waals surface area contributed by atoms with Gasteiger partial charge in [0.25, 0.3) is 0 Å². The van der Waals surface area contributed by atoms with Crippen molar-refractivity contribution < 1.29 is 9.84 Å². The Morgan fingerprint density at radius 3 is 2.58 bits per heavy atom. The Balaban J connectivity index is 1.98. The highest BCUT2D eigenvalue weighted by molar-refractivity contribution is 5.29. The van der Waals surface area contributed by atoms with Crippen molar-refractivity contribution in [3.63, 3.8) is 0 Å². The molecular weight excluding hydrogens is 236 g/mol. The minimum atomic E-state index is -0.314. The molecule has 2 heteroatoms. The molecule has 0 aromatic heterocycles. The lowest BCUT2D eigenvalue weighted by Gasteiger charge is -2.31. The molecule has 1 aliphatic rings. The average Bonchev–Trinajstić information content (AvgIpc) is 2.43. The molecule has 4 unspecified atom stereocenters. The molecule has 1 aromatic carbocycles. The van der Waals surface area contributed by atoms with E-state index in [1.807, 2.05) is 12.1 Å². The molecule has 1 fully saturated rings. The smallest absolute Gasteiger partial charge is 0.125 e. The number of benzene rings is 1. The summed E-state index contributed by atoms with van der Waals surface area (Å²) in [6.07, 6.45) is 3.71. The molecule has 0 bridgehead atoms. The summed E-state index contributed by atoms with van der Waals surface area (Å²) < 4.78 is 5.96. The number of rotatable bonds is 4. The molecule has 0 saturated heterocycles. The van der Waals surface area contributed by atoms with Crippen LogP contribution in [0.1, 0.15) is 57.9 Å². The van der Waals surface area contributed by atoms with Crippen molar-refractivity contribution in [1.29, 1.82) is 0 Å². The zero-order valence-corrected chi connectivity index (χ0v) is 12.3. The number of ether oxygens (including phenoxy) is 1. The summed E-state index contributed by atoms with van der Waals surface area (Å²) in [6, 6.07) is 8.35. The lowest BCUT2D eigenvalue weighted by atomic mass is 9.86. The second kappa shape index (κ2) is 6.42. The molecule has 0 heterocycles. The van der Waals surface area contributed by atoms with Gasteiger partial charge in [0, 0.05) is 0 Å². The van der Waals surface area contributed by atoms with Gasteiger partial charge in [-0.3, -0.25) is 0 Å². The molecule has 4 atom stereocenters. The van der Waals surface area contributed by atoms with Crippen molar-refractivity contribution in [1.82, 2.24) is 0 Å². The predicted octanol–water partition coefficient (Wildman–Crippen LogP) is 4.13. The van der Waals surface area contributed by atoms with Gasteiger partial charge in [0.15, 0.2) is 0 Å². The highest BCUT2D eigenvalue weighted by Gasteiger charge is 2.28. The summed E-state index contributed by atoms with van der Waals surface area (Å²) in [6.45, 7) is 6.67.